The maximum absolute atomic E-state index is 13.0. The molecule has 1 aromatic heterocycles. The van der Waals surface area contributed by atoms with Crippen molar-refractivity contribution in [3.63, 3.8) is 0 Å². The van der Waals surface area contributed by atoms with Gasteiger partial charge in [-0.2, -0.15) is 0 Å². The molecule has 2 rings (SSSR count). The Morgan fingerprint density at radius 2 is 1.85 bits per heavy atom. The van der Waals surface area contributed by atoms with Crippen LogP contribution < -0.4 is 16.5 Å². The summed E-state index contributed by atoms with van der Waals surface area (Å²) in [4.78, 5) is 23.9. The number of hydrogen-bond acceptors (Lipinski definition) is 6. The quantitative estimate of drug-likeness (QED) is 0.551. The molecule has 2 aromatic rings. The van der Waals surface area contributed by atoms with Crippen LogP contribution in [0.15, 0.2) is 29.4 Å². The number of nitrogens with one attached hydrogen (secondary N) is 2. The van der Waals surface area contributed by atoms with E-state index in [0.717, 1.165) is 11.8 Å². The average molecular weight is 380 g/mol. The van der Waals surface area contributed by atoms with E-state index in [1.54, 1.807) is 6.92 Å². The summed E-state index contributed by atoms with van der Waals surface area (Å²) in [6.45, 7) is 7.05. The Hall–Kier alpha value is -2.62. The van der Waals surface area contributed by atoms with E-state index in [1.807, 2.05) is 20.8 Å². The summed E-state index contributed by atoms with van der Waals surface area (Å²) < 4.78 is 14.2. The lowest BCUT2D eigenvalue weighted by Gasteiger charge is -2.21. The van der Waals surface area contributed by atoms with Crippen LogP contribution in [0.25, 0.3) is 11.4 Å². The lowest BCUT2D eigenvalue weighted by Crippen LogP contribution is -2.49. The number of nitrogens with two attached hydrogens (primary N) is 1. The van der Waals surface area contributed by atoms with Crippen molar-refractivity contribution in [1.82, 2.24) is 25.5 Å². The first-order valence-electron chi connectivity index (χ1n) is 7.83. The zero-order valence-corrected chi connectivity index (χ0v) is 15.7. The van der Waals surface area contributed by atoms with E-state index in [4.69, 9.17) is 5.84 Å². The summed E-state index contributed by atoms with van der Waals surface area (Å²) in [5.41, 5.74) is 0.136. The Morgan fingerprint density at radius 1 is 1.23 bits per heavy atom. The molecular formula is C16H21FN6O2S. The number of aromatic nitrogens is 3. The van der Waals surface area contributed by atoms with Gasteiger partial charge < -0.3 is 11.2 Å². The van der Waals surface area contributed by atoms with Crippen LogP contribution in [0.4, 0.5) is 9.18 Å². The van der Waals surface area contributed by atoms with Crippen LogP contribution in [0.3, 0.4) is 0 Å². The predicted octanol–water partition coefficient (Wildman–Crippen LogP) is 1.90. The van der Waals surface area contributed by atoms with Gasteiger partial charge in [0.1, 0.15) is 5.82 Å². The lowest BCUT2D eigenvalue weighted by atomic mass is 10.1. The molecule has 10 heteroatoms. The van der Waals surface area contributed by atoms with Gasteiger partial charge in [-0.15, -0.1) is 10.2 Å². The molecule has 0 spiro atoms. The van der Waals surface area contributed by atoms with Crippen molar-refractivity contribution in [1.29, 1.82) is 0 Å². The van der Waals surface area contributed by atoms with Gasteiger partial charge >= 0.3 is 6.03 Å². The monoisotopic (exact) mass is 380 g/mol. The van der Waals surface area contributed by atoms with Gasteiger partial charge in [0.15, 0.2) is 5.82 Å². The Morgan fingerprint density at radius 3 is 2.42 bits per heavy atom. The highest BCUT2D eigenvalue weighted by molar-refractivity contribution is 8.00. The van der Waals surface area contributed by atoms with Gasteiger partial charge in [-0.1, -0.05) is 11.8 Å². The van der Waals surface area contributed by atoms with Crippen LogP contribution in [-0.2, 0) is 4.79 Å². The smallest absolute Gasteiger partial charge is 0.321 e. The zero-order chi connectivity index (χ0) is 19.5. The molecular weight excluding hydrogens is 359 g/mol. The number of carbonyl (C=O) groups excluding carboxylic acids is 2. The standard InChI is InChI=1S/C16H21FN6O2S/c1-9(13(24)19-14(25)20-16(2,3)4)26-15-22-21-12(23(15)18)10-5-7-11(17)8-6-10/h5-9H,18H2,1-4H3,(H2,19,20,24,25)/t9-/m0/s1. The molecule has 26 heavy (non-hydrogen) atoms. The molecule has 0 bridgehead atoms. The SMILES string of the molecule is C[C@H](Sc1nnc(-c2ccc(F)cc2)n1N)C(=O)NC(=O)NC(C)(C)C. The molecule has 8 nitrogen and oxygen atoms in total. The van der Waals surface area contributed by atoms with Gasteiger partial charge in [0.05, 0.1) is 5.25 Å². The summed E-state index contributed by atoms with van der Waals surface area (Å²) in [5, 5.41) is 12.5. The van der Waals surface area contributed by atoms with Gasteiger partial charge in [0.2, 0.25) is 11.1 Å². The Balaban J connectivity index is 2.03. The molecule has 0 radical (unpaired) electrons. The molecule has 0 saturated heterocycles. The van der Waals surface area contributed by atoms with Crippen LogP contribution in [0.1, 0.15) is 27.7 Å². The third-order valence-electron chi connectivity index (χ3n) is 3.14. The number of rotatable bonds is 4. The summed E-state index contributed by atoms with van der Waals surface area (Å²) in [6, 6.07) is 5.08. The maximum atomic E-state index is 13.0. The highest BCUT2D eigenvalue weighted by atomic mass is 32.2. The molecule has 0 saturated carbocycles. The van der Waals surface area contributed by atoms with Gasteiger partial charge in [0.25, 0.3) is 0 Å². The van der Waals surface area contributed by atoms with E-state index in [0.29, 0.717) is 16.5 Å². The first kappa shape index (κ1) is 19.7. The maximum Gasteiger partial charge on any atom is 0.321 e. The third kappa shape index (κ3) is 5.19. The Labute approximate surface area is 154 Å². The van der Waals surface area contributed by atoms with Gasteiger partial charge in [-0.25, -0.2) is 13.9 Å². The topological polar surface area (TPSA) is 115 Å². The number of nitrogen functional groups attached to an aromatic ring is 1. The largest absolute Gasteiger partial charge is 0.335 e. The van der Waals surface area contributed by atoms with Crippen LogP contribution in [0, 0.1) is 5.82 Å². The number of halogens is 1. The average Bonchev–Trinajstić information content (AvgIpc) is 2.87. The van der Waals surface area contributed by atoms with E-state index in [2.05, 4.69) is 20.8 Å². The molecule has 0 unspecified atom stereocenters. The number of urea groups is 1. The molecule has 140 valence electrons. The molecule has 0 aliphatic carbocycles. The summed E-state index contributed by atoms with van der Waals surface area (Å²) in [7, 11) is 0. The van der Waals surface area contributed by atoms with E-state index in [1.165, 1.54) is 28.9 Å². The van der Waals surface area contributed by atoms with Crippen molar-refractivity contribution < 1.29 is 14.0 Å². The minimum Gasteiger partial charge on any atom is -0.335 e. The van der Waals surface area contributed by atoms with Crippen molar-refractivity contribution >= 4 is 23.7 Å². The molecule has 0 fully saturated rings. The first-order valence-corrected chi connectivity index (χ1v) is 8.71. The Kier molecular flexibility index (Phi) is 5.86. The van der Waals surface area contributed by atoms with Crippen LogP contribution >= 0.6 is 11.8 Å². The number of imide groups is 1. The summed E-state index contributed by atoms with van der Waals surface area (Å²) in [5.74, 6) is 5.46. The predicted molar refractivity (Wildman–Crippen MR) is 97.3 cm³/mol. The molecule has 0 aliphatic rings. The number of thioether (sulfide) groups is 1. The second-order valence-corrected chi connectivity index (χ2v) is 7.94. The van der Waals surface area contributed by atoms with E-state index < -0.39 is 22.7 Å². The van der Waals surface area contributed by atoms with Crippen LogP contribution in [0.5, 0.6) is 0 Å². The van der Waals surface area contributed by atoms with Crippen molar-refractivity contribution in [2.75, 3.05) is 5.84 Å². The number of hydrogen-bond donors (Lipinski definition) is 3. The van der Waals surface area contributed by atoms with Crippen molar-refractivity contribution in [3.05, 3.63) is 30.1 Å². The van der Waals surface area contributed by atoms with Crippen LogP contribution in [-0.4, -0.2) is 37.6 Å². The molecule has 1 atom stereocenters. The fraction of sp³-hybridized carbons (Fsp3) is 0.375. The summed E-state index contributed by atoms with van der Waals surface area (Å²) >= 11 is 1.06. The summed E-state index contributed by atoms with van der Waals surface area (Å²) in [6.07, 6.45) is 0. The zero-order valence-electron chi connectivity index (χ0n) is 14.9. The lowest BCUT2D eigenvalue weighted by molar-refractivity contribution is -0.119. The Bertz CT molecular complexity index is 800. The molecule has 0 aliphatic heterocycles. The third-order valence-corrected chi connectivity index (χ3v) is 4.20. The normalized spacial score (nSPS) is 12.5. The number of nitrogens with zero attached hydrogens (tertiary/aromatic N) is 3. The van der Waals surface area contributed by atoms with E-state index in [9.17, 15) is 14.0 Å². The second kappa shape index (κ2) is 7.73. The number of benzene rings is 1. The number of amides is 3. The molecule has 4 N–H and O–H groups in total. The van der Waals surface area contributed by atoms with Gasteiger partial charge in [0, 0.05) is 11.1 Å². The van der Waals surface area contributed by atoms with E-state index in [-0.39, 0.29) is 5.82 Å². The molecule has 3 amide bonds. The molecule has 1 heterocycles. The van der Waals surface area contributed by atoms with E-state index >= 15 is 0 Å². The fourth-order valence-electron chi connectivity index (χ4n) is 1.95. The minimum atomic E-state index is -0.631. The fourth-order valence-corrected chi connectivity index (χ4v) is 2.72. The van der Waals surface area contributed by atoms with Crippen molar-refractivity contribution in [2.45, 2.75) is 43.6 Å². The van der Waals surface area contributed by atoms with Gasteiger partial charge in [-0.3, -0.25) is 10.1 Å². The van der Waals surface area contributed by atoms with Gasteiger partial charge in [-0.05, 0) is 52.0 Å². The number of carbonyl (C=O) groups is 2. The van der Waals surface area contributed by atoms with Crippen molar-refractivity contribution in [2.24, 2.45) is 0 Å². The van der Waals surface area contributed by atoms with Crippen molar-refractivity contribution in [3.8, 4) is 11.4 Å². The highest BCUT2D eigenvalue weighted by Gasteiger charge is 2.23. The first-order chi connectivity index (χ1) is 12.1. The minimum absolute atomic E-state index is 0.295. The highest BCUT2D eigenvalue weighted by Crippen LogP contribution is 2.24. The van der Waals surface area contributed by atoms with Crippen LogP contribution in [0.2, 0.25) is 0 Å². The molecule has 1 aromatic carbocycles. The second-order valence-electron chi connectivity index (χ2n) is 6.64.